The molecule has 1 aromatic heterocycles. The van der Waals surface area contributed by atoms with Gasteiger partial charge in [0.15, 0.2) is 6.10 Å². The van der Waals surface area contributed by atoms with Crippen molar-refractivity contribution in [1.82, 2.24) is 20.2 Å². The molecule has 0 saturated heterocycles. The first-order valence-electron chi connectivity index (χ1n) is 7.32. The van der Waals surface area contributed by atoms with Crippen LogP contribution in [0.15, 0.2) is 48.8 Å². The Morgan fingerprint density at radius 2 is 2.00 bits per heavy atom. The molecule has 1 amide bonds. The summed E-state index contributed by atoms with van der Waals surface area (Å²) in [6, 6.07) is 13.4. The number of tetrazole rings is 1. The van der Waals surface area contributed by atoms with E-state index in [-0.39, 0.29) is 6.54 Å². The number of esters is 1. The first kappa shape index (κ1) is 15.6. The molecular weight excluding hydrogens is 310 g/mol. The highest BCUT2D eigenvalue weighted by Gasteiger charge is 2.18. The van der Waals surface area contributed by atoms with Crippen LogP contribution in [0, 0.1) is 0 Å². The number of carbonyl (C=O) groups is 2. The van der Waals surface area contributed by atoms with E-state index in [1.54, 1.807) is 6.07 Å². The Morgan fingerprint density at radius 1 is 1.21 bits per heavy atom. The number of hydrogen-bond acceptors (Lipinski definition) is 6. The number of rotatable bonds is 5. The maximum absolute atomic E-state index is 12.2. The molecule has 3 rings (SSSR count). The predicted molar refractivity (Wildman–Crippen MR) is 85.9 cm³/mol. The van der Waals surface area contributed by atoms with Crippen LogP contribution in [0.5, 0.6) is 0 Å². The lowest BCUT2D eigenvalue weighted by molar-refractivity contribution is -0.153. The summed E-state index contributed by atoms with van der Waals surface area (Å²) in [6.45, 7) is 1.36. The quantitative estimate of drug-likeness (QED) is 0.712. The summed E-state index contributed by atoms with van der Waals surface area (Å²) < 4.78 is 6.30. The highest BCUT2D eigenvalue weighted by Crippen LogP contribution is 2.19. The molecule has 24 heavy (non-hydrogen) atoms. The molecule has 122 valence electrons. The van der Waals surface area contributed by atoms with Crippen LogP contribution in [0.25, 0.3) is 10.8 Å². The molecule has 0 aliphatic rings. The van der Waals surface area contributed by atoms with Gasteiger partial charge in [0.05, 0.1) is 0 Å². The van der Waals surface area contributed by atoms with Crippen molar-refractivity contribution in [3.8, 4) is 0 Å². The van der Waals surface area contributed by atoms with Gasteiger partial charge < -0.3 is 10.1 Å². The highest BCUT2D eigenvalue weighted by molar-refractivity contribution is 5.97. The van der Waals surface area contributed by atoms with Gasteiger partial charge in [-0.25, -0.2) is 4.68 Å². The zero-order valence-corrected chi connectivity index (χ0v) is 12.9. The van der Waals surface area contributed by atoms with E-state index in [9.17, 15) is 9.59 Å². The summed E-state index contributed by atoms with van der Waals surface area (Å²) in [5.74, 6) is -1.00. The molecule has 3 aromatic rings. The molecule has 0 bridgehead atoms. The van der Waals surface area contributed by atoms with Gasteiger partial charge >= 0.3 is 5.97 Å². The molecule has 0 saturated carbocycles. The molecule has 1 unspecified atom stereocenters. The fourth-order valence-electron chi connectivity index (χ4n) is 2.18. The Bertz CT molecular complexity index is 863. The van der Waals surface area contributed by atoms with Gasteiger partial charge in [0.1, 0.15) is 12.9 Å². The van der Waals surface area contributed by atoms with Crippen LogP contribution in [-0.2, 0) is 20.9 Å². The summed E-state index contributed by atoms with van der Waals surface area (Å²) in [7, 11) is 0. The molecular formula is C16H15N5O3. The first-order valence-corrected chi connectivity index (χ1v) is 7.32. The van der Waals surface area contributed by atoms with Gasteiger partial charge in [-0.3, -0.25) is 9.59 Å². The fourth-order valence-corrected chi connectivity index (χ4v) is 2.18. The van der Waals surface area contributed by atoms with Crippen molar-refractivity contribution in [1.29, 1.82) is 0 Å². The van der Waals surface area contributed by atoms with Crippen LogP contribution in [0.4, 0.5) is 5.69 Å². The molecule has 2 aromatic carbocycles. The van der Waals surface area contributed by atoms with Gasteiger partial charge in [0.25, 0.3) is 5.91 Å². The van der Waals surface area contributed by atoms with Crippen molar-refractivity contribution in [2.24, 2.45) is 0 Å². The Kier molecular flexibility index (Phi) is 4.46. The lowest BCUT2D eigenvalue weighted by Crippen LogP contribution is -2.31. The number of hydrogen-bond donors (Lipinski definition) is 1. The normalized spacial score (nSPS) is 11.9. The van der Waals surface area contributed by atoms with Gasteiger partial charge in [-0.05, 0) is 40.3 Å². The van der Waals surface area contributed by atoms with Crippen LogP contribution in [0.3, 0.4) is 0 Å². The van der Waals surface area contributed by atoms with Crippen molar-refractivity contribution >= 4 is 28.3 Å². The molecule has 8 nitrogen and oxygen atoms in total. The minimum atomic E-state index is -0.930. The number of carbonyl (C=O) groups excluding carboxylic acids is 2. The molecule has 0 aliphatic carbocycles. The van der Waals surface area contributed by atoms with Crippen molar-refractivity contribution in [3.63, 3.8) is 0 Å². The second-order valence-electron chi connectivity index (χ2n) is 5.19. The molecule has 0 fully saturated rings. The van der Waals surface area contributed by atoms with E-state index in [1.807, 2.05) is 36.4 Å². The average Bonchev–Trinajstić information content (AvgIpc) is 3.07. The van der Waals surface area contributed by atoms with Crippen LogP contribution < -0.4 is 5.32 Å². The highest BCUT2D eigenvalue weighted by atomic mass is 16.5. The number of benzene rings is 2. The summed E-state index contributed by atoms with van der Waals surface area (Å²) in [5.41, 5.74) is 0.641. The second kappa shape index (κ2) is 6.86. The van der Waals surface area contributed by atoms with E-state index < -0.39 is 18.0 Å². The maximum Gasteiger partial charge on any atom is 0.328 e. The number of nitrogens with zero attached hydrogens (tertiary/aromatic N) is 4. The van der Waals surface area contributed by atoms with Gasteiger partial charge in [-0.15, -0.1) is 5.10 Å². The molecule has 0 spiro atoms. The third-order valence-electron chi connectivity index (χ3n) is 3.38. The topological polar surface area (TPSA) is 99.0 Å². The zero-order chi connectivity index (χ0) is 16.9. The smallest absolute Gasteiger partial charge is 0.328 e. The lowest BCUT2D eigenvalue weighted by Gasteiger charge is -2.13. The largest absolute Gasteiger partial charge is 0.451 e. The van der Waals surface area contributed by atoms with E-state index in [2.05, 4.69) is 20.8 Å². The number of anilines is 1. The molecule has 1 atom stereocenters. The zero-order valence-electron chi connectivity index (χ0n) is 12.9. The Morgan fingerprint density at radius 3 is 2.75 bits per heavy atom. The van der Waals surface area contributed by atoms with Gasteiger partial charge in [-0.2, -0.15) is 0 Å². The minimum absolute atomic E-state index is 0.152. The summed E-state index contributed by atoms with van der Waals surface area (Å²) in [5, 5.41) is 15.2. The Balaban J connectivity index is 1.59. The van der Waals surface area contributed by atoms with Crippen LogP contribution in [0.2, 0.25) is 0 Å². The van der Waals surface area contributed by atoms with E-state index >= 15 is 0 Å². The summed E-state index contributed by atoms with van der Waals surface area (Å²) in [6.07, 6.45) is 0.363. The number of fused-ring (bicyclic) bond motifs is 1. The fraction of sp³-hybridized carbons (Fsp3) is 0.188. The molecule has 1 heterocycles. The van der Waals surface area contributed by atoms with Crippen molar-refractivity contribution in [2.45, 2.75) is 19.6 Å². The molecule has 8 heteroatoms. The maximum atomic E-state index is 12.2. The number of ether oxygens (including phenoxy) is 1. The van der Waals surface area contributed by atoms with E-state index in [0.29, 0.717) is 5.69 Å². The standard InChI is InChI=1S/C16H15N5O3/c1-11(24-15(22)9-21-10-17-19-20-21)16(23)18-14-7-6-12-4-2-3-5-13(12)8-14/h2-8,10-11H,9H2,1H3,(H,18,23). The van der Waals surface area contributed by atoms with Crippen LogP contribution in [0.1, 0.15) is 6.92 Å². The third-order valence-corrected chi connectivity index (χ3v) is 3.38. The van der Waals surface area contributed by atoms with Crippen molar-refractivity contribution in [3.05, 3.63) is 48.8 Å². The minimum Gasteiger partial charge on any atom is -0.451 e. The van der Waals surface area contributed by atoms with Gasteiger partial charge in [-0.1, -0.05) is 30.3 Å². The van der Waals surface area contributed by atoms with Crippen LogP contribution >= 0.6 is 0 Å². The molecule has 0 radical (unpaired) electrons. The van der Waals surface area contributed by atoms with E-state index in [1.165, 1.54) is 17.9 Å². The second-order valence-corrected chi connectivity index (χ2v) is 5.19. The van der Waals surface area contributed by atoms with Crippen molar-refractivity contribution < 1.29 is 14.3 Å². The Labute approximate surface area is 137 Å². The molecule has 1 N–H and O–H groups in total. The monoisotopic (exact) mass is 325 g/mol. The number of amides is 1. The van der Waals surface area contributed by atoms with E-state index in [0.717, 1.165) is 10.8 Å². The van der Waals surface area contributed by atoms with E-state index in [4.69, 9.17) is 4.74 Å². The van der Waals surface area contributed by atoms with Gasteiger partial charge in [0, 0.05) is 5.69 Å². The summed E-state index contributed by atoms with van der Waals surface area (Å²) >= 11 is 0. The van der Waals surface area contributed by atoms with Crippen LogP contribution in [-0.4, -0.2) is 38.2 Å². The predicted octanol–water partition coefficient (Wildman–Crippen LogP) is 1.40. The first-order chi connectivity index (χ1) is 11.6. The Hall–Kier alpha value is -3.29. The molecule has 0 aliphatic heterocycles. The number of aromatic nitrogens is 4. The SMILES string of the molecule is CC(OC(=O)Cn1cnnn1)C(=O)Nc1ccc2ccccc2c1. The lowest BCUT2D eigenvalue weighted by atomic mass is 10.1. The van der Waals surface area contributed by atoms with Gasteiger partial charge in [0.2, 0.25) is 0 Å². The van der Waals surface area contributed by atoms with Crippen molar-refractivity contribution in [2.75, 3.05) is 5.32 Å². The average molecular weight is 325 g/mol. The third kappa shape index (κ3) is 3.72. The summed E-state index contributed by atoms with van der Waals surface area (Å²) in [4.78, 5) is 23.9. The number of nitrogens with one attached hydrogen (secondary N) is 1.